The van der Waals surface area contributed by atoms with Gasteiger partial charge in [-0.05, 0) is 12.1 Å². The van der Waals surface area contributed by atoms with Crippen LogP contribution in [0.2, 0.25) is 0 Å². The summed E-state index contributed by atoms with van der Waals surface area (Å²) in [6.07, 6.45) is 1.82. The summed E-state index contributed by atoms with van der Waals surface area (Å²) < 4.78 is 0. The molecule has 2 aromatic rings. The number of nitrogens with one attached hydrogen (secondary N) is 1. The maximum atomic E-state index is 11.7. The quantitative estimate of drug-likeness (QED) is 0.862. The molecule has 1 saturated heterocycles. The molecule has 0 spiro atoms. The molecule has 0 unspecified atom stereocenters. The first-order valence-corrected chi connectivity index (χ1v) is 6.57. The fourth-order valence-electron chi connectivity index (χ4n) is 1.86. The molecule has 0 saturated carbocycles. The van der Waals surface area contributed by atoms with Crippen LogP contribution < -0.4 is 10.2 Å². The summed E-state index contributed by atoms with van der Waals surface area (Å²) in [4.78, 5) is 32.8. The molecule has 0 bridgehead atoms. The second-order valence-corrected chi connectivity index (χ2v) is 3.97. The Morgan fingerprint density at radius 1 is 1.15 bits per heavy atom. The fraction of sp³-hybridized carbons (Fsp3) is 0.286. The standard InChI is InChI=1S/C12H10N4O2.C2H6/c17-11-5-6-16(12(18)15-11)10-7-13-8-3-1-2-4-9(8)14-10;1-2/h1-4,7H,5-6H2,(H,15,17,18);1-2H3. The normalized spacial score (nSPS) is 14.6. The second kappa shape index (κ2) is 6.10. The third-order valence-corrected chi connectivity index (χ3v) is 2.77. The number of anilines is 1. The number of hydrogen-bond acceptors (Lipinski definition) is 4. The van der Waals surface area contributed by atoms with Gasteiger partial charge in [0, 0.05) is 13.0 Å². The van der Waals surface area contributed by atoms with Crippen LogP contribution in [0, 0.1) is 0 Å². The molecular weight excluding hydrogens is 256 g/mol. The van der Waals surface area contributed by atoms with Crippen molar-refractivity contribution in [2.24, 2.45) is 0 Å². The van der Waals surface area contributed by atoms with Gasteiger partial charge in [0.05, 0.1) is 17.2 Å². The van der Waals surface area contributed by atoms with Gasteiger partial charge in [-0.25, -0.2) is 9.78 Å². The van der Waals surface area contributed by atoms with Crippen molar-refractivity contribution in [3.63, 3.8) is 0 Å². The zero-order valence-corrected chi connectivity index (χ0v) is 11.5. The third kappa shape index (κ3) is 2.74. The second-order valence-electron chi connectivity index (χ2n) is 3.97. The number of para-hydroxylation sites is 2. The largest absolute Gasteiger partial charge is 0.329 e. The minimum Gasteiger partial charge on any atom is -0.278 e. The van der Waals surface area contributed by atoms with E-state index in [1.807, 2.05) is 38.1 Å². The highest BCUT2D eigenvalue weighted by molar-refractivity contribution is 6.05. The zero-order valence-electron chi connectivity index (χ0n) is 11.5. The average molecular weight is 272 g/mol. The monoisotopic (exact) mass is 272 g/mol. The van der Waals surface area contributed by atoms with Gasteiger partial charge < -0.3 is 0 Å². The predicted molar refractivity (Wildman–Crippen MR) is 76.4 cm³/mol. The van der Waals surface area contributed by atoms with Crippen molar-refractivity contribution in [2.45, 2.75) is 20.3 Å². The molecule has 1 aromatic heterocycles. The Labute approximate surface area is 116 Å². The molecule has 6 heteroatoms. The molecule has 0 atom stereocenters. The Kier molecular flexibility index (Phi) is 4.24. The van der Waals surface area contributed by atoms with Crippen molar-refractivity contribution in [1.29, 1.82) is 0 Å². The highest BCUT2D eigenvalue weighted by atomic mass is 16.2. The number of fused-ring (bicyclic) bond motifs is 1. The van der Waals surface area contributed by atoms with E-state index in [-0.39, 0.29) is 12.3 Å². The first-order chi connectivity index (χ1) is 9.74. The molecule has 1 N–H and O–H groups in total. The van der Waals surface area contributed by atoms with Crippen molar-refractivity contribution in [2.75, 3.05) is 11.4 Å². The predicted octanol–water partition coefficient (Wildman–Crippen LogP) is 2.10. The van der Waals surface area contributed by atoms with E-state index in [0.717, 1.165) is 11.0 Å². The summed E-state index contributed by atoms with van der Waals surface area (Å²) in [5.74, 6) is 0.198. The first kappa shape index (κ1) is 13.9. The molecule has 1 fully saturated rings. The summed E-state index contributed by atoms with van der Waals surface area (Å²) in [6.45, 7) is 4.33. The smallest absolute Gasteiger partial charge is 0.278 e. The van der Waals surface area contributed by atoms with E-state index in [1.165, 1.54) is 11.1 Å². The topological polar surface area (TPSA) is 75.2 Å². The van der Waals surface area contributed by atoms with Crippen molar-refractivity contribution >= 4 is 28.8 Å². The van der Waals surface area contributed by atoms with Gasteiger partial charge in [0.2, 0.25) is 5.91 Å². The molecule has 1 aliphatic heterocycles. The SMILES string of the molecule is CC.O=C1CCN(c2cnc3ccccc3n2)C(=O)N1. The summed E-state index contributed by atoms with van der Waals surface area (Å²) in [7, 11) is 0. The van der Waals surface area contributed by atoms with Crippen molar-refractivity contribution in [1.82, 2.24) is 15.3 Å². The van der Waals surface area contributed by atoms with Gasteiger partial charge >= 0.3 is 6.03 Å². The molecular formula is C14H16N4O2. The van der Waals surface area contributed by atoms with Crippen LogP contribution in [-0.4, -0.2) is 28.5 Å². The number of nitrogens with zero attached hydrogens (tertiary/aromatic N) is 3. The fourth-order valence-corrected chi connectivity index (χ4v) is 1.86. The third-order valence-electron chi connectivity index (χ3n) is 2.77. The van der Waals surface area contributed by atoms with Crippen molar-refractivity contribution in [3.05, 3.63) is 30.5 Å². The van der Waals surface area contributed by atoms with Crippen LogP contribution in [0.3, 0.4) is 0 Å². The molecule has 3 amide bonds. The van der Waals surface area contributed by atoms with E-state index in [9.17, 15) is 9.59 Å². The summed E-state index contributed by atoms with van der Waals surface area (Å²) >= 11 is 0. The van der Waals surface area contributed by atoms with Crippen molar-refractivity contribution < 1.29 is 9.59 Å². The Morgan fingerprint density at radius 3 is 2.55 bits per heavy atom. The molecule has 1 aromatic carbocycles. The van der Waals surface area contributed by atoms with Gasteiger partial charge in [-0.1, -0.05) is 26.0 Å². The molecule has 20 heavy (non-hydrogen) atoms. The van der Waals surface area contributed by atoms with Gasteiger partial charge in [0.15, 0.2) is 5.82 Å². The number of carbonyl (C=O) groups is 2. The number of hydrogen-bond donors (Lipinski definition) is 1. The number of aromatic nitrogens is 2. The molecule has 6 nitrogen and oxygen atoms in total. The van der Waals surface area contributed by atoms with Gasteiger partial charge in [-0.15, -0.1) is 0 Å². The van der Waals surface area contributed by atoms with Gasteiger partial charge in [0.25, 0.3) is 0 Å². The van der Waals surface area contributed by atoms with Crippen LogP contribution in [0.5, 0.6) is 0 Å². The highest BCUT2D eigenvalue weighted by Gasteiger charge is 2.25. The Morgan fingerprint density at radius 2 is 1.85 bits per heavy atom. The number of carbonyl (C=O) groups excluding carboxylic acids is 2. The summed E-state index contributed by atoms with van der Waals surface area (Å²) in [6, 6.07) is 6.98. The van der Waals surface area contributed by atoms with E-state index in [4.69, 9.17) is 0 Å². The van der Waals surface area contributed by atoms with Gasteiger partial charge in [-0.3, -0.25) is 20.0 Å². The van der Waals surface area contributed by atoms with Gasteiger partial charge in [0.1, 0.15) is 0 Å². The number of amides is 3. The van der Waals surface area contributed by atoms with Crippen LogP contribution in [0.15, 0.2) is 30.5 Å². The maximum Gasteiger partial charge on any atom is 0.329 e. The van der Waals surface area contributed by atoms with E-state index < -0.39 is 6.03 Å². The van der Waals surface area contributed by atoms with E-state index in [0.29, 0.717) is 12.4 Å². The van der Waals surface area contributed by atoms with E-state index >= 15 is 0 Å². The Hall–Kier alpha value is -2.50. The number of rotatable bonds is 1. The lowest BCUT2D eigenvalue weighted by Gasteiger charge is -2.25. The molecule has 1 aliphatic rings. The van der Waals surface area contributed by atoms with Crippen molar-refractivity contribution in [3.8, 4) is 0 Å². The molecule has 104 valence electrons. The molecule has 3 rings (SSSR count). The summed E-state index contributed by atoms with van der Waals surface area (Å²) in [5, 5.41) is 2.26. The van der Waals surface area contributed by atoms with E-state index in [2.05, 4.69) is 15.3 Å². The lowest BCUT2D eigenvalue weighted by Crippen LogP contribution is -2.49. The molecule has 0 radical (unpaired) electrons. The Balaban J connectivity index is 0.000000704. The molecule has 2 heterocycles. The minimum absolute atomic E-state index is 0.259. The van der Waals surface area contributed by atoms with Crippen LogP contribution in [0.25, 0.3) is 11.0 Å². The first-order valence-electron chi connectivity index (χ1n) is 6.57. The van der Waals surface area contributed by atoms with Crippen LogP contribution in [0.1, 0.15) is 20.3 Å². The lowest BCUT2D eigenvalue weighted by molar-refractivity contribution is -0.120. The zero-order chi connectivity index (χ0) is 14.5. The van der Waals surface area contributed by atoms with Crippen LogP contribution in [0.4, 0.5) is 10.6 Å². The molecule has 0 aliphatic carbocycles. The number of urea groups is 1. The number of imide groups is 1. The van der Waals surface area contributed by atoms with Gasteiger partial charge in [-0.2, -0.15) is 0 Å². The summed E-state index contributed by atoms with van der Waals surface area (Å²) in [5.41, 5.74) is 1.49. The lowest BCUT2D eigenvalue weighted by atomic mass is 10.3. The van der Waals surface area contributed by atoms with E-state index in [1.54, 1.807) is 0 Å². The minimum atomic E-state index is -0.448. The Bertz CT molecular complexity index is 642. The van der Waals surface area contributed by atoms with Crippen LogP contribution >= 0.6 is 0 Å². The van der Waals surface area contributed by atoms with Crippen LogP contribution in [-0.2, 0) is 4.79 Å². The average Bonchev–Trinajstić information content (AvgIpc) is 2.49. The maximum absolute atomic E-state index is 11.7. The number of benzene rings is 1. The highest BCUT2D eigenvalue weighted by Crippen LogP contribution is 2.17.